The van der Waals surface area contributed by atoms with Gasteiger partial charge in [0.1, 0.15) is 12.4 Å². The Labute approximate surface area is 165 Å². The SMILES string of the molecule is N#CCNC(=O)[C@@H]1CCCC[C@H]1C(=O)N1CCN(Cc2ccc(F)cc2)CC1. The topological polar surface area (TPSA) is 76.4 Å². The first-order valence-corrected chi connectivity index (χ1v) is 9.98. The Morgan fingerprint density at radius 1 is 1.07 bits per heavy atom. The molecule has 1 aromatic carbocycles. The Bertz CT molecular complexity index is 723. The average Bonchev–Trinajstić information content (AvgIpc) is 2.73. The smallest absolute Gasteiger partial charge is 0.226 e. The molecule has 2 atom stereocenters. The molecule has 0 unspecified atom stereocenters. The normalized spacial score (nSPS) is 23.1. The molecule has 2 fully saturated rings. The van der Waals surface area contributed by atoms with E-state index in [2.05, 4.69) is 10.2 Å². The quantitative estimate of drug-likeness (QED) is 0.785. The summed E-state index contributed by atoms with van der Waals surface area (Å²) in [7, 11) is 0. The molecule has 3 rings (SSSR count). The van der Waals surface area contributed by atoms with Gasteiger partial charge in [-0.1, -0.05) is 25.0 Å². The standard InChI is InChI=1S/C21H27FN4O2/c22-17-7-5-16(6-8-17)15-25-11-13-26(14-12-25)21(28)19-4-2-1-3-18(19)20(27)24-10-9-23/h5-8,18-19H,1-4,10-15H2,(H,24,27)/t18-,19-/m1/s1. The summed E-state index contributed by atoms with van der Waals surface area (Å²) in [5, 5.41) is 11.3. The fourth-order valence-corrected chi connectivity index (χ4v) is 4.21. The number of halogens is 1. The third-order valence-electron chi connectivity index (χ3n) is 5.77. The van der Waals surface area contributed by atoms with Crippen molar-refractivity contribution >= 4 is 11.8 Å². The van der Waals surface area contributed by atoms with Crippen LogP contribution in [0.1, 0.15) is 31.2 Å². The summed E-state index contributed by atoms with van der Waals surface area (Å²) in [6.07, 6.45) is 3.35. The molecule has 0 spiro atoms. The third-order valence-corrected chi connectivity index (χ3v) is 5.77. The van der Waals surface area contributed by atoms with Crippen LogP contribution in [0.15, 0.2) is 24.3 Å². The van der Waals surface area contributed by atoms with Gasteiger partial charge in [0.25, 0.3) is 0 Å². The van der Waals surface area contributed by atoms with E-state index >= 15 is 0 Å². The van der Waals surface area contributed by atoms with Gasteiger partial charge < -0.3 is 10.2 Å². The van der Waals surface area contributed by atoms with Crippen molar-refractivity contribution in [2.75, 3.05) is 32.7 Å². The van der Waals surface area contributed by atoms with Crippen molar-refractivity contribution < 1.29 is 14.0 Å². The predicted octanol–water partition coefficient (Wildman–Crippen LogP) is 1.92. The Balaban J connectivity index is 1.53. The molecule has 2 amide bonds. The summed E-state index contributed by atoms with van der Waals surface area (Å²) in [5.41, 5.74) is 1.06. The molecule has 1 aliphatic heterocycles. The summed E-state index contributed by atoms with van der Waals surface area (Å²) < 4.78 is 13.0. The van der Waals surface area contributed by atoms with E-state index in [0.717, 1.165) is 44.5 Å². The first kappa shape index (κ1) is 20.3. The monoisotopic (exact) mass is 386 g/mol. The maximum atomic E-state index is 13.1. The molecular formula is C21H27FN4O2. The predicted molar refractivity (Wildman–Crippen MR) is 102 cm³/mol. The molecule has 6 nitrogen and oxygen atoms in total. The van der Waals surface area contributed by atoms with Crippen LogP contribution in [0.4, 0.5) is 4.39 Å². The van der Waals surface area contributed by atoms with Gasteiger partial charge >= 0.3 is 0 Å². The number of benzene rings is 1. The van der Waals surface area contributed by atoms with Crippen LogP contribution in [-0.2, 0) is 16.1 Å². The number of nitriles is 1. The molecule has 1 heterocycles. The minimum absolute atomic E-state index is 0.0156. The first-order valence-electron chi connectivity index (χ1n) is 9.98. The molecule has 1 saturated heterocycles. The maximum absolute atomic E-state index is 13.1. The van der Waals surface area contributed by atoms with Crippen molar-refractivity contribution in [3.8, 4) is 6.07 Å². The van der Waals surface area contributed by atoms with Crippen molar-refractivity contribution in [2.24, 2.45) is 11.8 Å². The highest BCUT2D eigenvalue weighted by atomic mass is 19.1. The number of piperazine rings is 1. The average molecular weight is 386 g/mol. The molecule has 0 bridgehead atoms. The van der Waals surface area contributed by atoms with Gasteiger partial charge in [0, 0.05) is 44.6 Å². The van der Waals surface area contributed by atoms with E-state index < -0.39 is 0 Å². The summed E-state index contributed by atoms with van der Waals surface area (Å²) >= 11 is 0. The molecule has 28 heavy (non-hydrogen) atoms. The van der Waals surface area contributed by atoms with E-state index in [9.17, 15) is 14.0 Å². The van der Waals surface area contributed by atoms with Gasteiger partial charge in [-0.05, 0) is 30.5 Å². The Kier molecular flexibility index (Phi) is 6.99. The number of nitrogens with zero attached hydrogens (tertiary/aromatic N) is 3. The van der Waals surface area contributed by atoms with Crippen LogP contribution in [-0.4, -0.2) is 54.3 Å². The summed E-state index contributed by atoms with van der Waals surface area (Å²) in [6.45, 7) is 3.54. The van der Waals surface area contributed by atoms with Crippen LogP contribution >= 0.6 is 0 Å². The van der Waals surface area contributed by atoms with Gasteiger partial charge in [-0.15, -0.1) is 0 Å². The number of nitrogens with one attached hydrogen (secondary N) is 1. The lowest BCUT2D eigenvalue weighted by Crippen LogP contribution is -2.52. The molecule has 1 aliphatic carbocycles. The highest BCUT2D eigenvalue weighted by molar-refractivity contribution is 5.88. The first-order chi connectivity index (χ1) is 13.6. The lowest BCUT2D eigenvalue weighted by atomic mass is 9.77. The Hall–Kier alpha value is -2.46. The highest BCUT2D eigenvalue weighted by Gasteiger charge is 2.38. The van der Waals surface area contributed by atoms with Gasteiger partial charge in [0.15, 0.2) is 0 Å². The third kappa shape index (κ3) is 5.08. The summed E-state index contributed by atoms with van der Waals surface area (Å²) in [4.78, 5) is 29.6. The van der Waals surface area contributed by atoms with Crippen LogP contribution in [0.2, 0.25) is 0 Å². The molecule has 1 N–H and O–H groups in total. The lowest BCUT2D eigenvalue weighted by molar-refractivity contribution is -0.145. The fourth-order valence-electron chi connectivity index (χ4n) is 4.21. The zero-order valence-electron chi connectivity index (χ0n) is 16.1. The van der Waals surface area contributed by atoms with Gasteiger partial charge in [-0.3, -0.25) is 14.5 Å². The van der Waals surface area contributed by atoms with E-state index in [-0.39, 0.29) is 36.0 Å². The maximum Gasteiger partial charge on any atom is 0.226 e. The zero-order chi connectivity index (χ0) is 19.9. The Morgan fingerprint density at radius 2 is 1.71 bits per heavy atom. The fraction of sp³-hybridized carbons (Fsp3) is 0.571. The van der Waals surface area contributed by atoms with E-state index in [1.54, 1.807) is 12.1 Å². The van der Waals surface area contributed by atoms with Crippen molar-refractivity contribution in [2.45, 2.75) is 32.2 Å². The largest absolute Gasteiger partial charge is 0.343 e. The van der Waals surface area contributed by atoms with E-state index in [1.165, 1.54) is 12.1 Å². The van der Waals surface area contributed by atoms with Crippen LogP contribution in [0, 0.1) is 29.0 Å². The molecule has 0 aromatic heterocycles. The molecule has 1 saturated carbocycles. The minimum atomic E-state index is -0.327. The summed E-state index contributed by atoms with van der Waals surface area (Å²) in [6, 6.07) is 8.44. The zero-order valence-corrected chi connectivity index (χ0v) is 16.1. The second kappa shape index (κ2) is 9.65. The summed E-state index contributed by atoms with van der Waals surface area (Å²) in [5.74, 6) is -0.948. The number of hydrogen-bond acceptors (Lipinski definition) is 4. The number of hydrogen-bond donors (Lipinski definition) is 1. The van der Waals surface area contributed by atoms with Crippen molar-refractivity contribution in [1.29, 1.82) is 5.26 Å². The molecule has 1 aromatic rings. The lowest BCUT2D eigenvalue weighted by Gasteiger charge is -2.39. The number of amides is 2. The van der Waals surface area contributed by atoms with Crippen LogP contribution < -0.4 is 5.32 Å². The van der Waals surface area contributed by atoms with Crippen molar-refractivity contribution in [1.82, 2.24) is 15.1 Å². The van der Waals surface area contributed by atoms with Gasteiger partial charge in [-0.25, -0.2) is 4.39 Å². The molecule has 2 aliphatic rings. The van der Waals surface area contributed by atoms with E-state index in [4.69, 9.17) is 5.26 Å². The van der Waals surface area contributed by atoms with Crippen molar-refractivity contribution in [3.05, 3.63) is 35.6 Å². The highest BCUT2D eigenvalue weighted by Crippen LogP contribution is 2.32. The molecular weight excluding hydrogens is 359 g/mol. The van der Waals surface area contributed by atoms with Crippen LogP contribution in [0.3, 0.4) is 0 Å². The van der Waals surface area contributed by atoms with Gasteiger partial charge in [-0.2, -0.15) is 5.26 Å². The molecule has 150 valence electrons. The number of carbonyl (C=O) groups is 2. The van der Waals surface area contributed by atoms with Gasteiger partial charge in [0.2, 0.25) is 11.8 Å². The van der Waals surface area contributed by atoms with Crippen LogP contribution in [0.5, 0.6) is 0 Å². The Morgan fingerprint density at radius 3 is 2.36 bits per heavy atom. The minimum Gasteiger partial charge on any atom is -0.343 e. The van der Waals surface area contributed by atoms with Crippen molar-refractivity contribution in [3.63, 3.8) is 0 Å². The van der Waals surface area contributed by atoms with E-state index in [0.29, 0.717) is 19.5 Å². The number of carbonyl (C=O) groups excluding carboxylic acids is 2. The van der Waals surface area contributed by atoms with Gasteiger partial charge in [0.05, 0.1) is 6.07 Å². The number of rotatable bonds is 5. The molecule has 7 heteroatoms. The second-order valence-electron chi connectivity index (χ2n) is 7.60. The molecule has 0 radical (unpaired) electrons. The second-order valence-corrected chi connectivity index (χ2v) is 7.60. The van der Waals surface area contributed by atoms with Crippen LogP contribution in [0.25, 0.3) is 0 Å². The van der Waals surface area contributed by atoms with E-state index in [1.807, 2.05) is 11.0 Å².